The Hall–Kier alpha value is -3.91. The van der Waals surface area contributed by atoms with E-state index in [2.05, 4.69) is 0 Å². The van der Waals surface area contributed by atoms with Gasteiger partial charge in [-0.25, -0.2) is 0 Å². The molecule has 0 saturated carbocycles. The third-order valence-corrected chi connectivity index (χ3v) is 9.40. The molecule has 0 amide bonds. The van der Waals surface area contributed by atoms with Crippen LogP contribution in [-0.4, -0.2) is 172 Å². The van der Waals surface area contributed by atoms with Gasteiger partial charge in [-0.2, -0.15) is 0 Å². The molecule has 3 aliphatic heterocycles. The van der Waals surface area contributed by atoms with E-state index in [9.17, 15) is 71.2 Å². The molecular formula is C33H40O21. The molecule has 3 saturated heterocycles. The van der Waals surface area contributed by atoms with Crippen LogP contribution in [0, 0.1) is 0 Å². The molecule has 0 bridgehead atoms. The van der Waals surface area contributed by atoms with Gasteiger partial charge in [0, 0.05) is 17.7 Å². The summed E-state index contributed by atoms with van der Waals surface area (Å²) in [5, 5.41) is 134. The van der Waals surface area contributed by atoms with Crippen molar-refractivity contribution in [1.82, 2.24) is 0 Å². The fourth-order valence-corrected chi connectivity index (χ4v) is 6.28. The number of aliphatic hydroxyl groups is 10. The molecule has 2 aromatic carbocycles. The van der Waals surface area contributed by atoms with Crippen molar-refractivity contribution in [2.24, 2.45) is 0 Å². The van der Waals surface area contributed by atoms with E-state index in [0.717, 1.165) is 24.3 Å². The summed E-state index contributed by atoms with van der Waals surface area (Å²) in [6.07, 6.45) is -25.5. The van der Waals surface area contributed by atoms with Crippen LogP contribution in [0.5, 0.6) is 28.7 Å². The highest BCUT2D eigenvalue weighted by Gasteiger charge is 2.51. The zero-order valence-corrected chi connectivity index (χ0v) is 28.0. The highest BCUT2D eigenvalue weighted by Crippen LogP contribution is 2.40. The van der Waals surface area contributed by atoms with Crippen LogP contribution < -0.4 is 14.9 Å². The predicted molar refractivity (Wildman–Crippen MR) is 173 cm³/mol. The smallest absolute Gasteiger partial charge is 0.239 e. The van der Waals surface area contributed by atoms with E-state index in [4.69, 9.17) is 32.8 Å². The molecule has 1 aromatic heterocycles. The molecule has 3 aliphatic rings. The minimum Gasteiger partial charge on any atom is -0.507 e. The van der Waals surface area contributed by atoms with E-state index in [-0.39, 0.29) is 11.3 Å². The van der Waals surface area contributed by atoms with Crippen LogP contribution in [0.3, 0.4) is 0 Å². The molecule has 0 unspecified atom stereocenters. The molecule has 54 heavy (non-hydrogen) atoms. The lowest BCUT2D eigenvalue weighted by Crippen LogP contribution is -2.64. The van der Waals surface area contributed by atoms with Gasteiger partial charge in [0.25, 0.3) is 0 Å². The first-order valence-corrected chi connectivity index (χ1v) is 16.5. The Morgan fingerprint density at radius 3 is 1.89 bits per heavy atom. The lowest BCUT2D eigenvalue weighted by atomic mass is 9.97. The second-order valence-corrected chi connectivity index (χ2v) is 13.0. The Bertz CT molecular complexity index is 1850. The van der Waals surface area contributed by atoms with E-state index in [1.54, 1.807) is 0 Å². The van der Waals surface area contributed by atoms with Gasteiger partial charge in [0.2, 0.25) is 23.8 Å². The summed E-state index contributed by atoms with van der Waals surface area (Å²) in [5.74, 6) is -3.66. The monoisotopic (exact) mass is 772 g/mol. The van der Waals surface area contributed by atoms with Crippen molar-refractivity contribution >= 4 is 11.0 Å². The van der Waals surface area contributed by atoms with Crippen molar-refractivity contribution in [3.8, 4) is 40.1 Å². The average molecular weight is 773 g/mol. The fraction of sp³-hybridized carbons (Fsp3) is 0.545. The Balaban J connectivity index is 1.40. The SMILES string of the molecule is C[C@@H]1O[C@@H](O[C@H]2[C@H](Oc3cc(O)c4c(=O)c(O[C@@H]5O[C@H](CO)[C@@H](O)[C@H](O)[C@H]5O)c(-c5ccc(O)c(O)c5)oc4c3)O[C@H](CO)[C@@H](O)[C@@H]2O)[C@H](O)[C@H](O)[C@H]1O. The summed E-state index contributed by atoms with van der Waals surface area (Å²) in [6.45, 7) is -0.287. The summed E-state index contributed by atoms with van der Waals surface area (Å²) in [5.41, 5.74) is -1.66. The Labute approximate surface area is 303 Å². The van der Waals surface area contributed by atoms with Crippen LogP contribution >= 0.6 is 0 Å². The summed E-state index contributed by atoms with van der Waals surface area (Å²) >= 11 is 0. The standard InChI is InChI=1S/C33H40O21/c1-9-19(39)23(43)26(46)31(48-9)54-30-25(45)21(41)17(8-35)52-33(30)49-11-5-14(38)18-15(6-11)50-28(10-2-3-12(36)13(37)4-10)29(22(18)42)53-32-27(47)24(44)20(40)16(7-34)51-32/h2-6,9,16-17,19-21,23-27,30-41,43-47H,7-8H2,1H3/t9-,16+,17+,19-,20+,21+,23+,24-,25-,26+,27+,30+,31-,32-,33+/m0/s1. The molecule has 15 atom stereocenters. The highest BCUT2D eigenvalue weighted by atomic mass is 16.8. The predicted octanol–water partition coefficient (Wildman–Crippen LogP) is -4.21. The number of aliphatic hydroxyl groups excluding tert-OH is 10. The van der Waals surface area contributed by atoms with E-state index in [1.807, 2.05) is 0 Å². The van der Waals surface area contributed by atoms with E-state index < -0.39 is 150 Å². The van der Waals surface area contributed by atoms with Crippen LogP contribution in [0.15, 0.2) is 39.5 Å². The van der Waals surface area contributed by atoms with Crippen LogP contribution in [0.25, 0.3) is 22.3 Å². The third kappa shape index (κ3) is 7.27. The zero-order chi connectivity index (χ0) is 39.3. The highest BCUT2D eigenvalue weighted by molar-refractivity contribution is 5.88. The van der Waals surface area contributed by atoms with Gasteiger partial charge in [-0.3, -0.25) is 4.79 Å². The normalized spacial score (nSPS) is 37.3. The number of phenols is 3. The number of hydrogen-bond donors (Lipinski definition) is 13. The van der Waals surface area contributed by atoms with Crippen molar-refractivity contribution in [2.45, 2.75) is 99.0 Å². The Morgan fingerprint density at radius 2 is 1.24 bits per heavy atom. The summed E-state index contributed by atoms with van der Waals surface area (Å²) in [7, 11) is 0. The molecule has 21 heteroatoms. The van der Waals surface area contributed by atoms with E-state index >= 15 is 0 Å². The maximum Gasteiger partial charge on any atom is 0.239 e. The number of hydrogen-bond acceptors (Lipinski definition) is 21. The molecular weight excluding hydrogens is 732 g/mol. The summed E-state index contributed by atoms with van der Waals surface area (Å²) in [4.78, 5) is 14.0. The lowest BCUT2D eigenvalue weighted by Gasteiger charge is -2.45. The Kier molecular flexibility index (Phi) is 11.5. The van der Waals surface area contributed by atoms with Gasteiger partial charge < -0.3 is 99.2 Å². The molecule has 4 heterocycles. The molecule has 0 aliphatic carbocycles. The number of rotatable bonds is 9. The van der Waals surface area contributed by atoms with Gasteiger partial charge in [0.15, 0.2) is 29.7 Å². The van der Waals surface area contributed by atoms with Crippen molar-refractivity contribution < 1.29 is 99.2 Å². The largest absolute Gasteiger partial charge is 0.507 e. The minimum absolute atomic E-state index is 0.116. The molecule has 3 aromatic rings. The van der Waals surface area contributed by atoms with E-state index in [1.165, 1.54) is 13.0 Å². The first kappa shape index (κ1) is 39.8. The summed E-state index contributed by atoms with van der Waals surface area (Å²) in [6, 6.07) is 5.14. The maximum atomic E-state index is 14.0. The quantitative estimate of drug-likeness (QED) is 0.0917. The number of benzene rings is 2. The number of aromatic hydroxyl groups is 3. The van der Waals surface area contributed by atoms with Gasteiger partial charge >= 0.3 is 0 Å². The molecule has 3 fully saturated rings. The topological polar surface area (TPSA) is 349 Å². The first-order chi connectivity index (χ1) is 25.6. The summed E-state index contributed by atoms with van der Waals surface area (Å²) < 4.78 is 39.6. The van der Waals surface area contributed by atoms with Crippen molar-refractivity contribution in [3.05, 3.63) is 40.6 Å². The van der Waals surface area contributed by atoms with E-state index in [0.29, 0.717) is 0 Å². The number of ether oxygens (including phenoxy) is 6. The zero-order valence-electron chi connectivity index (χ0n) is 28.0. The molecule has 6 rings (SSSR count). The van der Waals surface area contributed by atoms with Crippen molar-refractivity contribution in [2.75, 3.05) is 13.2 Å². The van der Waals surface area contributed by atoms with Crippen molar-refractivity contribution in [1.29, 1.82) is 0 Å². The average Bonchev–Trinajstić information content (AvgIpc) is 3.14. The number of fused-ring (bicyclic) bond motifs is 1. The third-order valence-electron chi connectivity index (χ3n) is 9.40. The van der Waals surface area contributed by atoms with Gasteiger partial charge in [-0.05, 0) is 25.1 Å². The van der Waals surface area contributed by atoms with Crippen LogP contribution in [0.2, 0.25) is 0 Å². The minimum atomic E-state index is -1.98. The van der Waals surface area contributed by atoms with Gasteiger partial charge in [0.1, 0.15) is 83.5 Å². The number of phenolic OH excluding ortho intramolecular Hbond substituents is 3. The van der Waals surface area contributed by atoms with Gasteiger partial charge in [0.05, 0.1) is 19.3 Å². The second-order valence-electron chi connectivity index (χ2n) is 13.0. The molecule has 0 radical (unpaired) electrons. The second kappa shape index (κ2) is 15.7. The van der Waals surface area contributed by atoms with Crippen LogP contribution in [0.4, 0.5) is 0 Å². The molecule has 298 valence electrons. The van der Waals surface area contributed by atoms with Gasteiger partial charge in [-0.1, -0.05) is 0 Å². The lowest BCUT2D eigenvalue weighted by molar-refractivity contribution is -0.354. The van der Waals surface area contributed by atoms with Gasteiger partial charge in [-0.15, -0.1) is 0 Å². The Morgan fingerprint density at radius 1 is 0.630 bits per heavy atom. The van der Waals surface area contributed by atoms with Crippen LogP contribution in [0.1, 0.15) is 6.92 Å². The molecule has 21 nitrogen and oxygen atoms in total. The van der Waals surface area contributed by atoms with Crippen LogP contribution in [-0.2, 0) is 18.9 Å². The fourth-order valence-electron chi connectivity index (χ4n) is 6.28. The van der Waals surface area contributed by atoms with Crippen molar-refractivity contribution in [3.63, 3.8) is 0 Å². The molecule has 13 N–H and O–H groups in total. The maximum absolute atomic E-state index is 14.0. The first-order valence-electron chi connectivity index (χ1n) is 16.5. The molecule has 0 spiro atoms.